The van der Waals surface area contributed by atoms with Crippen LogP contribution in [0.4, 0.5) is 23.2 Å². The number of hydrogen-bond donors (Lipinski definition) is 0. The second-order valence-electron chi connectivity index (χ2n) is 6.65. The van der Waals surface area contributed by atoms with E-state index in [0.29, 0.717) is 5.69 Å². The summed E-state index contributed by atoms with van der Waals surface area (Å²) in [4.78, 5) is 1.47. The molecule has 1 unspecified atom stereocenters. The molecule has 0 saturated carbocycles. The molecule has 1 aromatic carbocycles. The molecule has 1 aliphatic heterocycles. The number of halogens is 7. The van der Waals surface area contributed by atoms with Crippen molar-refractivity contribution in [1.82, 2.24) is 0 Å². The Morgan fingerprint density at radius 2 is 1.93 bits per heavy atom. The van der Waals surface area contributed by atoms with Gasteiger partial charge in [0.05, 0.1) is 21.0 Å². The standard InChI is InChI=1S/C18H13Cl3F4N2/c19-13-5-11(6-14(20)16(13)21)17(18(23,24)25)3-4-27(9-17)12-2-1-10(8-26)15(22)7-12/h1-2,5,7,11H,3-4,6,9H2/t11?,17-/m0/s1. The molecule has 0 bridgehead atoms. The summed E-state index contributed by atoms with van der Waals surface area (Å²) in [6, 6.07) is 5.48. The van der Waals surface area contributed by atoms with Gasteiger partial charge in [0, 0.05) is 23.8 Å². The Kier molecular flexibility index (Phi) is 5.42. The largest absolute Gasteiger partial charge is 0.396 e. The number of rotatable bonds is 2. The highest BCUT2D eigenvalue weighted by molar-refractivity contribution is 6.48. The summed E-state index contributed by atoms with van der Waals surface area (Å²) in [7, 11) is 0. The summed E-state index contributed by atoms with van der Waals surface area (Å²) >= 11 is 17.9. The second-order valence-corrected chi connectivity index (χ2v) is 7.89. The lowest BCUT2D eigenvalue weighted by atomic mass is 9.71. The summed E-state index contributed by atoms with van der Waals surface area (Å²) < 4.78 is 56.3. The van der Waals surface area contributed by atoms with Crippen molar-refractivity contribution in [2.75, 3.05) is 18.0 Å². The van der Waals surface area contributed by atoms with Crippen molar-refractivity contribution in [2.24, 2.45) is 11.3 Å². The Hall–Kier alpha value is -1.42. The Morgan fingerprint density at radius 1 is 1.22 bits per heavy atom. The first-order chi connectivity index (χ1) is 12.6. The number of nitrogens with zero attached hydrogens (tertiary/aromatic N) is 2. The van der Waals surface area contributed by atoms with Crippen LogP contribution in [0.3, 0.4) is 0 Å². The van der Waals surface area contributed by atoms with E-state index in [-0.39, 0.29) is 46.6 Å². The van der Waals surface area contributed by atoms with Crippen LogP contribution in [-0.2, 0) is 0 Å². The number of anilines is 1. The first-order valence-corrected chi connectivity index (χ1v) is 9.15. The van der Waals surface area contributed by atoms with Crippen LogP contribution in [0, 0.1) is 28.5 Å². The van der Waals surface area contributed by atoms with Crippen LogP contribution in [0.25, 0.3) is 0 Å². The molecule has 0 radical (unpaired) electrons. The lowest BCUT2D eigenvalue weighted by Gasteiger charge is -2.39. The van der Waals surface area contributed by atoms with Gasteiger partial charge in [-0.1, -0.05) is 40.9 Å². The summed E-state index contributed by atoms with van der Waals surface area (Å²) in [5.41, 5.74) is -1.95. The first kappa shape index (κ1) is 20.3. The Balaban J connectivity index is 1.95. The lowest BCUT2D eigenvalue weighted by Crippen LogP contribution is -2.46. The van der Waals surface area contributed by atoms with E-state index >= 15 is 0 Å². The van der Waals surface area contributed by atoms with E-state index in [4.69, 9.17) is 40.1 Å². The average molecular weight is 440 g/mol. The van der Waals surface area contributed by atoms with Crippen molar-refractivity contribution >= 4 is 40.5 Å². The first-order valence-electron chi connectivity index (χ1n) is 8.02. The van der Waals surface area contributed by atoms with Gasteiger partial charge in [-0.3, -0.25) is 0 Å². The zero-order valence-electron chi connectivity index (χ0n) is 13.8. The molecule has 1 saturated heterocycles. The van der Waals surface area contributed by atoms with Gasteiger partial charge in [0.25, 0.3) is 0 Å². The van der Waals surface area contributed by atoms with Gasteiger partial charge in [-0.25, -0.2) is 4.39 Å². The van der Waals surface area contributed by atoms with Crippen molar-refractivity contribution in [2.45, 2.75) is 19.0 Å². The third-order valence-corrected chi connectivity index (χ3v) is 6.49. The highest BCUT2D eigenvalue weighted by Crippen LogP contribution is 2.56. The molecular formula is C18H13Cl3F4N2. The maximum Gasteiger partial charge on any atom is 0.396 e. The Bertz CT molecular complexity index is 872. The van der Waals surface area contributed by atoms with E-state index in [9.17, 15) is 17.6 Å². The normalized spacial score (nSPS) is 26.2. The highest BCUT2D eigenvalue weighted by atomic mass is 35.5. The van der Waals surface area contributed by atoms with E-state index in [1.807, 2.05) is 0 Å². The van der Waals surface area contributed by atoms with E-state index in [1.54, 1.807) is 6.07 Å². The number of benzene rings is 1. The third-order valence-electron chi connectivity index (χ3n) is 5.21. The molecule has 1 fully saturated rings. The van der Waals surface area contributed by atoms with Gasteiger partial charge in [-0.15, -0.1) is 0 Å². The van der Waals surface area contributed by atoms with Crippen molar-refractivity contribution < 1.29 is 17.6 Å². The zero-order valence-corrected chi connectivity index (χ0v) is 16.0. The SMILES string of the molecule is N#Cc1ccc(N2CC[C@](C3C=C(Cl)C(Cl)=C(Cl)C3)(C(F)(F)F)C2)cc1F. The van der Waals surface area contributed by atoms with Gasteiger partial charge in [0.2, 0.25) is 0 Å². The molecule has 2 nitrogen and oxygen atoms in total. The van der Waals surface area contributed by atoms with Crippen molar-refractivity contribution in [3.8, 4) is 6.07 Å². The molecule has 2 atom stereocenters. The zero-order chi connectivity index (χ0) is 20.0. The summed E-state index contributed by atoms with van der Waals surface area (Å²) in [5.74, 6) is -1.74. The fraction of sp³-hybridized carbons (Fsp3) is 0.389. The van der Waals surface area contributed by atoms with Crippen molar-refractivity contribution in [3.05, 3.63) is 50.8 Å². The smallest absolute Gasteiger partial charge is 0.370 e. The van der Waals surface area contributed by atoms with Gasteiger partial charge < -0.3 is 4.90 Å². The van der Waals surface area contributed by atoms with Crippen LogP contribution in [0.2, 0.25) is 0 Å². The predicted octanol–water partition coefficient (Wildman–Crippen LogP) is 6.29. The van der Waals surface area contributed by atoms with Crippen molar-refractivity contribution in [3.63, 3.8) is 0 Å². The summed E-state index contributed by atoms with van der Waals surface area (Å²) in [6.07, 6.45) is -3.46. The van der Waals surface area contributed by atoms with Crippen LogP contribution in [0.1, 0.15) is 18.4 Å². The molecule has 144 valence electrons. The summed E-state index contributed by atoms with van der Waals surface area (Å²) in [6.45, 7) is -0.281. The number of alkyl halides is 3. The maximum atomic E-state index is 14.1. The van der Waals surface area contributed by atoms with Gasteiger partial charge >= 0.3 is 6.18 Å². The Morgan fingerprint density at radius 3 is 2.48 bits per heavy atom. The van der Waals surface area contributed by atoms with E-state index in [1.165, 1.54) is 23.1 Å². The molecule has 0 N–H and O–H groups in total. The molecule has 2 aliphatic rings. The third kappa shape index (κ3) is 3.53. The number of hydrogen-bond acceptors (Lipinski definition) is 2. The van der Waals surface area contributed by atoms with Crippen LogP contribution in [-0.4, -0.2) is 19.3 Å². The van der Waals surface area contributed by atoms with Crippen LogP contribution in [0.15, 0.2) is 39.4 Å². The Labute approximate surface area is 168 Å². The number of allylic oxidation sites excluding steroid dienone is 4. The molecular weight excluding hydrogens is 427 g/mol. The van der Waals surface area contributed by atoms with E-state index in [0.717, 1.165) is 6.07 Å². The molecule has 1 aromatic rings. The van der Waals surface area contributed by atoms with Crippen LogP contribution in [0.5, 0.6) is 0 Å². The minimum atomic E-state index is -4.52. The predicted molar refractivity (Wildman–Crippen MR) is 97.2 cm³/mol. The van der Waals surface area contributed by atoms with Crippen LogP contribution >= 0.6 is 34.8 Å². The van der Waals surface area contributed by atoms with Gasteiger partial charge in [-0.05, 0) is 37.0 Å². The minimum Gasteiger partial charge on any atom is -0.370 e. The number of nitriles is 1. The molecule has 1 aliphatic carbocycles. The highest BCUT2D eigenvalue weighted by Gasteiger charge is 2.61. The maximum absolute atomic E-state index is 14.1. The molecule has 9 heteroatoms. The monoisotopic (exact) mass is 438 g/mol. The van der Waals surface area contributed by atoms with Gasteiger partial charge in [-0.2, -0.15) is 18.4 Å². The molecule has 0 spiro atoms. The van der Waals surface area contributed by atoms with Gasteiger partial charge in [0.15, 0.2) is 0 Å². The fourth-order valence-corrected chi connectivity index (χ4v) is 4.39. The molecule has 27 heavy (non-hydrogen) atoms. The topological polar surface area (TPSA) is 27.0 Å². The van der Waals surface area contributed by atoms with E-state index in [2.05, 4.69) is 0 Å². The summed E-state index contributed by atoms with van der Waals surface area (Å²) in [5, 5.41) is 8.97. The minimum absolute atomic E-state index is 0.00408. The van der Waals surface area contributed by atoms with Gasteiger partial charge in [0.1, 0.15) is 11.9 Å². The fourth-order valence-electron chi connectivity index (χ4n) is 3.67. The molecule has 0 aromatic heterocycles. The molecule has 3 rings (SSSR count). The van der Waals surface area contributed by atoms with Crippen LogP contribution < -0.4 is 4.90 Å². The molecule has 1 heterocycles. The quantitative estimate of drug-likeness (QED) is 0.507. The van der Waals surface area contributed by atoms with Crippen molar-refractivity contribution in [1.29, 1.82) is 5.26 Å². The molecule has 0 amide bonds. The lowest BCUT2D eigenvalue weighted by molar-refractivity contribution is -0.229. The second kappa shape index (κ2) is 7.20. The van der Waals surface area contributed by atoms with E-state index < -0.39 is 23.3 Å². The average Bonchev–Trinajstić information content (AvgIpc) is 3.06.